The van der Waals surface area contributed by atoms with Gasteiger partial charge in [0.05, 0.1) is 30.4 Å². The first-order valence-electron chi connectivity index (χ1n) is 7.27. The molecule has 0 atom stereocenters. The lowest BCUT2D eigenvalue weighted by Gasteiger charge is -2.22. The molecule has 2 rings (SSSR count). The summed E-state index contributed by atoms with van der Waals surface area (Å²) in [5.74, 6) is -0.847. The van der Waals surface area contributed by atoms with Crippen LogP contribution in [0.1, 0.15) is 15.9 Å². The summed E-state index contributed by atoms with van der Waals surface area (Å²) in [5, 5.41) is 9.45. The predicted molar refractivity (Wildman–Crippen MR) is 93.3 cm³/mol. The smallest absolute Gasteiger partial charge is 0.337 e. The number of carboxylic acids is 1. The van der Waals surface area contributed by atoms with E-state index in [-0.39, 0.29) is 27.6 Å². The van der Waals surface area contributed by atoms with Gasteiger partial charge in [-0.25, -0.2) is 13.2 Å². The highest BCUT2D eigenvalue weighted by atomic mass is 32.2. The maximum absolute atomic E-state index is 12.8. The van der Waals surface area contributed by atoms with E-state index >= 15 is 0 Å². The van der Waals surface area contributed by atoms with Crippen molar-refractivity contribution in [2.75, 3.05) is 25.6 Å². The molecule has 0 radical (unpaired) electrons. The largest absolute Gasteiger partial charge is 0.493 e. The van der Waals surface area contributed by atoms with Crippen LogP contribution in [0.5, 0.6) is 11.5 Å². The van der Waals surface area contributed by atoms with Crippen LogP contribution in [0.25, 0.3) is 0 Å². The number of anilines is 1. The van der Waals surface area contributed by atoms with Crippen molar-refractivity contribution in [3.63, 3.8) is 0 Å². The van der Waals surface area contributed by atoms with Gasteiger partial charge in [0.2, 0.25) is 0 Å². The highest BCUT2D eigenvalue weighted by molar-refractivity contribution is 7.92. The third-order valence-electron chi connectivity index (χ3n) is 3.75. The van der Waals surface area contributed by atoms with Crippen LogP contribution in [0.15, 0.2) is 41.3 Å². The van der Waals surface area contributed by atoms with Gasteiger partial charge >= 0.3 is 5.97 Å². The molecule has 0 aliphatic carbocycles. The molecule has 0 saturated carbocycles. The summed E-state index contributed by atoms with van der Waals surface area (Å²) in [4.78, 5) is 11.6. The topological polar surface area (TPSA) is 93.1 Å². The van der Waals surface area contributed by atoms with Crippen molar-refractivity contribution in [1.29, 1.82) is 0 Å². The molecule has 0 saturated heterocycles. The van der Waals surface area contributed by atoms with Gasteiger partial charge in [0, 0.05) is 19.2 Å². The molecule has 0 aliphatic rings. The number of methoxy groups -OCH3 is 2. The van der Waals surface area contributed by atoms with Crippen LogP contribution in [0, 0.1) is 6.92 Å². The van der Waals surface area contributed by atoms with E-state index in [4.69, 9.17) is 9.47 Å². The third kappa shape index (κ3) is 3.53. The number of rotatable bonds is 6. The van der Waals surface area contributed by atoms with E-state index in [9.17, 15) is 18.3 Å². The van der Waals surface area contributed by atoms with E-state index in [1.807, 2.05) is 6.92 Å². The van der Waals surface area contributed by atoms with E-state index in [2.05, 4.69) is 0 Å². The van der Waals surface area contributed by atoms with Gasteiger partial charge in [0.15, 0.2) is 11.5 Å². The Kier molecular flexibility index (Phi) is 5.22. The van der Waals surface area contributed by atoms with Crippen molar-refractivity contribution in [3.8, 4) is 11.5 Å². The molecule has 2 aromatic carbocycles. The summed E-state index contributed by atoms with van der Waals surface area (Å²) in [6.07, 6.45) is 0. The molecule has 0 bridgehead atoms. The summed E-state index contributed by atoms with van der Waals surface area (Å²) in [7, 11) is 0.115. The van der Waals surface area contributed by atoms with Crippen molar-refractivity contribution in [2.24, 2.45) is 0 Å². The number of aromatic carboxylic acids is 1. The minimum atomic E-state index is -3.94. The van der Waals surface area contributed by atoms with Crippen LogP contribution in [0.4, 0.5) is 5.69 Å². The fraction of sp³-hybridized carbons (Fsp3) is 0.235. The second kappa shape index (κ2) is 7.02. The van der Waals surface area contributed by atoms with Gasteiger partial charge in [-0.2, -0.15) is 0 Å². The second-order valence-corrected chi connectivity index (χ2v) is 7.28. The third-order valence-corrected chi connectivity index (χ3v) is 5.54. The van der Waals surface area contributed by atoms with Gasteiger partial charge in [0.25, 0.3) is 10.0 Å². The van der Waals surface area contributed by atoms with Crippen LogP contribution in [0.3, 0.4) is 0 Å². The molecule has 0 unspecified atom stereocenters. The van der Waals surface area contributed by atoms with Crippen molar-refractivity contribution < 1.29 is 27.8 Å². The molecule has 2 aromatic rings. The average Bonchev–Trinajstić information content (AvgIpc) is 2.60. The number of hydrogen-bond acceptors (Lipinski definition) is 5. The second-order valence-electron chi connectivity index (χ2n) is 5.32. The predicted octanol–water partition coefficient (Wildman–Crippen LogP) is 2.54. The fourth-order valence-electron chi connectivity index (χ4n) is 2.30. The zero-order valence-corrected chi connectivity index (χ0v) is 15.1. The zero-order chi connectivity index (χ0) is 18.8. The zero-order valence-electron chi connectivity index (χ0n) is 14.3. The molecular formula is C17H19NO6S. The number of nitrogens with zero attached hydrogens (tertiary/aromatic N) is 1. The Labute approximate surface area is 146 Å². The number of sulfonamides is 1. The summed E-state index contributed by atoms with van der Waals surface area (Å²) in [6, 6.07) is 8.86. The molecule has 0 spiro atoms. The van der Waals surface area contributed by atoms with E-state index < -0.39 is 16.0 Å². The Bertz CT molecular complexity index is 890. The van der Waals surface area contributed by atoms with Crippen molar-refractivity contribution in [3.05, 3.63) is 47.5 Å². The molecule has 0 aliphatic heterocycles. The Balaban J connectivity index is 2.62. The van der Waals surface area contributed by atoms with E-state index in [0.717, 1.165) is 9.87 Å². The van der Waals surface area contributed by atoms with E-state index in [0.29, 0.717) is 0 Å². The number of aryl methyl sites for hydroxylation is 1. The van der Waals surface area contributed by atoms with Crippen molar-refractivity contribution >= 4 is 21.7 Å². The lowest BCUT2D eigenvalue weighted by molar-refractivity contribution is 0.0697. The quantitative estimate of drug-likeness (QED) is 0.846. The summed E-state index contributed by atoms with van der Waals surface area (Å²) in [5.41, 5.74) is 0.681. The molecule has 1 N–H and O–H groups in total. The number of benzene rings is 2. The lowest BCUT2D eigenvalue weighted by atomic mass is 10.1. The van der Waals surface area contributed by atoms with Crippen LogP contribution >= 0.6 is 0 Å². The van der Waals surface area contributed by atoms with Crippen LogP contribution in [-0.4, -0.2) is 40.8 Å². The van der Waals surface area contributed by atoms with E-state index in [1.165, 1.54) is 45.5 Å². The number of carboxylic acid groups (broad SMARTS) is 1. The summed E-state index contributed by atoms with van der Waals surface area (Å²) in [6.45, 7) is 1.84. The minimum Gasteiger partial charge on any atom is -0.493 e. The lowest BCUT2D eigenvalue weighted by Crippen LogP contribution is -2.28. The standard InChI is InChI=1S/C17H19NO6S/c1-11-5-7-12(8-6-11)25(21,22)18(2)14-10-16(24-4)15(23-3)9-13(14)17(19)20/h5-10H,1-4H3,(H,19,20). The van der Waals surface area contributed by atoms with Gasteiger partial charge < -0.3 is 14.6 Å². The Morgan fingerprint density at radius 3 is 2.04 bits per heavy atom. The monoisotopic (exact) mass is 365 g/mol. The molecule has 0 aromatic heterocycles. The first-order chi connectivity index (χ1) is 11.7. The molecule has 134 valence electrons. The highest BCUT2D eigenvalue weighted by Crippen LogP contribution is 2.36. The maximum atomic E-state index is 12.8. The Hall–Kier alpha value is -2.74. The minimum absolute atomic E-state index is 0.0225. The summed E-state index contributed by atoms with van der Waals surface area (Å²) < 4.78 is 36.8. The van der Waals surface area contributed by atoms with Gasteiger partial charge in [-0.15, -0.1) is 0 Å². The van der Waals surface area contributed by atoms with Crippen LogP contribution in [0.2, 0.25) is 0 Å². The van der Waals surface area contributed by atoms with E-state index in [1.54, 1.807) is 12.1 Å². The fourth-order valence-corrected chi connectivity index (χ4v) is 3.50. The molecule has 7 nitrogen and oxygen atoms in total. The van der Waals surface area contributed by atoms with Gasteiger partial charge in [-0.05, 0) is 19.1 Å². The molecule has 0 amide bonds. The average molecular weight is 365 g/mol. The number of carbonyl (C=O) groups is 1. The molecular weight excluding hydrogens is 346 g/mol. The van der Waals surface area contributed by atoms with Crippen molar-refractivity contribution in [2.45, 2.75) is 11.8 Å². The Morgan fingerprint density at radius 1 is 1.04 bits per heavy atom. The summed E-state index contributed by atoms with van der Waals surface area (Å²) >= 11 is 0. The maximum Gasteiger partial charge on any atom is 0.337 e. The Morgan fingerprint density at radius 2 is 1.56 bits per heavy atom. The van der Waals surface area contributed by atoms with Gasteiger partial charge in [-0.1, -0.05) is 17.7 Å². The number of ether oxygens (including phenoxy) is 2. The molecule has 0 heterocycles. The highest BCUT2D eigenvalue weighted by Gasteiger charge is 2.27. The first kappa shape index (κ1) is 18.6. The van der Waals surface area contributed by atoms with Crippen molar-refractivity contribution in [1.82, 2.24) is 0 Å². The number of hydrogen-bond donors (Lipinski definition) is 1. The molecule has 0 fully saturated rings. The first-order valence-corrected chi connectivity index (χ1v) is 8.71. The van der Waals surface area contributed by atoms with Gasteiger partial charge in [0.1, 0.15) is 0 Å². The van der Waals surface area contributed by atoms with Gasteiger partial charge in [-0.3, -0.25) is 4.31 Å². The molecule has 25 heavy (non-hydrogen) atoms. The molecule has 8 heteroatoms. The SMILES string of the molecule is COc1cc(C(=O)O)c(N(C)S(=O)(=O)c2ccc(C)cc2)cc1OC. The normalized spacial score (nSPS) is 11.0. The van der Waals surface area contributed by atoms with Crippen LogP contribution in [-0.2, 0) is 10.0 Å². The van der Waals surface area contributed by atoms with Crippen LogP contribution < -0.4 is 13.8 Å².